The van der Waals surface area contributed by atoms with Crippen molar-refractivity contribution in [3.8, 4) is 0 Å². The Morgan fingerprint density at radius 1 is 1.17 bits per heavy atom. The van der Waals surface area contributed by atoms with Crippen LogP contribution in [0, 0.1) is 0 Å². The summed E-state index contributed by atoms with van der Waals surface area (Å²) in [4.78, 5) is 8.74. The summed E-state index contributed by atoms with van der Waals surface area (Å²) in [7, 11) is 0. The maximum atomic E-state index is 5.59. The van der Waals surface area contributed by atoms with Gasteiger partial charge in [-0.3, -0.25) is 4.98 Å². The van der Waals surface area contributed by atoms with E-state index in [1.165, 1.54) is 5.39 Å². The van der Waals surface area contributed by atoms with E-state index in [4.69, 9.17) is 5.73 Å². The third kappa shape index (κ3) is 2.25. The summed E-state index contributed by atoms with van der Waals surface area (Å²) in [6, 6.07) is 14.4. The number of aromatic nitrogens is 2. The maximum Gasteiger partial charge on any atom is 0.0780 e. The van der Waals surface area contributed by atoms with Gasteiger partial charge in [0.05, 0.1) is 10.7 Å². The summed E-state index contributed by atoms with van der Waals surface area (Å²) < 4.78 is 0. The molecule has 0 fully saturated rings. The second-order valence-electron chi connectivity index (χ2n) is 4.01. The number of nitrogens with two attached hydrogens (primary N) is 1. The molecule has 1 aromatic carbocycles. The Morgan fingerprint density at radius 3 is 2.89 bits per heavy atom. The van der Waals surface area contributed by atoms with Crippen molar-refractivity contribution in [1.29, 1.82) is 0 Å². The Kier molecular flexibility index (Phi) is 3.04. The van der Waals surface area contributed by atoms with Crippen molar-refractivity contribution in [2.75, 3.05) is 0 Å². The first-order chi connectivity index (χ1) is 8.85. The SMILES string of the molecule is NCc1cc(Sc2cc3ccccc3[nH]2)ccn1. The minimum Gasteiger partial charge on any atom is -0.349 e. The topological polar surface area (TPSA) is 54.7 Å². The van der Waals surface area contributed by atoms with Gasteiger partial charge in [-0.2, -0.15) is 0 Å². The van der Waals surface area contributed by atoms with E-state index >= 15 is 0 Å². The van der Waals surface area contributed by atoms with Crippen LogP contribution in [-0.4, -0.2) is 9.97 Å². The molecule has 0 unspecified atom stereocenters. The van der Waals surface area contributed by atoms with Crippen LogP contribution in [0.2, 0.25) is 0 Å². The molecule has 3 aromatic rings. The molecular weight excluding hydrogens is 242 g/mol. The number of pyridine rings is 1. The number of hydrogen-bond acceptors (Lipinski definition) is 3. The molecule has 3 rings (SSSR count). The zero-order valence-corrected chi connectivity index (χ0v) is 10.6. The van der Waals surface area contributed by atoms with Crippen molar-refractivity contribution in [2.24, 2.45) is 5.73 Å². The zero-order chi connectivity index (χ0) is 12.4. The van der Waals surface area contributed by atoms with Crippen molar-refractivity contribution in [3.63, 3.8) is 0 Å². The number of para-hydroxylation sites is 1. The molecule has 2 heterocycles. The molecule has 0 aliphatic heterocycles. The number of fused-ring (bicyclic) bond motifs is 1. The lowest BCUT2D eigenvalue weighted by Crippen LogP contribution is -1.98. The molecule has 0 amide bonds. The number of benzene rings is 1. The fourth-order valence-corrected chi connectivity index (χ4v) is 2.78. The quantitative estimate of drug-likeness (QED) is 0.755. The minimum absolute atomic E-state index is 0.473. The predicted octanol–water partition coefficient (Wildman–Crippen LogP) is 3.17. The van der Waals surface area contributed by atoms with Gasteiger partial charge in [-0.25, -0.2) is 0 Å². The number of nitrogens with one attached hydrogen (secondary N) is 1. The van der Waals surface area contributed by atoms with Crippen LogP contribution in [0.15, 0.2) is 58.6 Å². The molecule has 0 aliphatic rings. The largest absolute Gasteiger partial charge is 0.349 e. The first-order valence-corrected chi connectivity index (χ1v) is 6.57. The van der Waals surface area contributed by atoms with Gasteiger partial charge < -0.3 is 10.7 Å². The van der Waals surface area contributed by atoms with E-state index in [0.29, 0.717) is 6.54 Å². The van der Waals surface area contributed by atoms with Gasteiger partial charge in [-0.1, -0.05) is 30.0 Å². The van der Waals surface area contributed by atoms with Crippen LogP contribution < -0.4 is 5.73 Å². The third-order valence-electron chi connectivity index (χ3n) is 2.73. The van der Waals surface area contributed by atoms with E-state index in [1.807, 2.05) is 24.3 Å². The lowest BCUT2D eigenvalue weighted by atomic mass is 10.3. The Bertz CT molecular complexity index is 642. The van der Waals surface area contributed by atoms with Crippen molar-refractivity contribution in [2.45, 2.75) is 16.5 Å². The molecule has 2 aromatic heterocycles. The van der Waals surface area contributed by atoms with Gasteiger partial charge >= 0.3 is 0 Å². The first kappa shape index (κ1) is 11.3. The molecule has 0 atom stereocenters. The Labute approximate surface area is 109 Å². The lowest BCUT2D eigenvalue weighted by molar-refractivity contribution is 0.976. The predicted molar refractivity (Wildman–Crippen MR) is 74.6 cm³/mol. The molecule has 0 bridgehead atoms. The van der Waals surface area contributed by atoms with E-state index < -0.39 is 0 Å². The Morgan fingerprint density at radius 2 is 2.06 bits per heavy atom. The van der Waals surface area contributed by atoms with Gasteiger partial charge in [0, 0.05) is 28.5 Å². The second-order valence-corrected chi connectivity index (χ2v) is 5.13. The van der Waals surface area contributed by atoms with Crippen molar-refractivity contribution < 1.29 is 0 Å². The molecule has 0 radical (unpaired) electrons. The van der Waals surface area contributed by atoms with E-state index in [2.05, 4.69) is 28.2 Å². The molecule has 0 aliphatic carbocycles. The Hall–Kier alpha value is -1.78. The summed E-state index contributed by atoms with van der Waals surface area (Å²) >= 11 is 1.69. The van der Waals surface area contributed by atoms with Crippen LogP contribution >= 0.6 is 11.8 Å². The smallest absolute Gasteiger partial charge is 0.0780 e. The molecular formula is C14H13N3S. The number of aromatic amines is 1. The lowest BCUT2D eigenvalue weighted by Gasteiger charge is -2.00. The average Bonchev–Trinajstić information content (AvgIpc) is 2.81. The van der Waals surface area contributed by atoms with Crippen LogP contribution in [-0.2, 0) is 6.54 Å². The fourth-order valence-electron chi connectivity index (χ4n) is 1.86. The van der Waals surface area contributed by atoms with Gasteiger partial charge in [-0.15, -0.1) is 0 Å². The van der Waals surface area contributed by atoms with Crippen LogP contribution in [0.4, 0.5) is 0 Å². The van der Waals surface area contributed by atoms with Crippen LogP contribution in [0.3, 0.4) is 0 Å². The normalized spacial score (nSPS) is 10.9. The molecule has 90 valence electrons. The van der Waals surface area contributed by atoms with Gasteiger partial charge in [0.1, 0.15) is 0 Å². The van der Waals surface area contributed by atoms with Gasteiger partial charge in [0.25, 0.3) is 0 Å². The Balaban J connectivity index is 1.91. The maximum absolute atomic E-state index is 5.59. The van der Waals surface area contributed by atoms with E-state index in [1.54, 1.807) is 18.0 Å². The molecule has 4 heteroatoms. The summed E-state index contributed by atoms with van der Waals surface area (Å²) in [5.41, 5.74) is 7.67. The van der Waals surface area contributed by atoms with Crippen molar-refractivity contribution >= 4 is 22.7 Å². The number of hydrogen-bond donors (Lipinski definition) is 2. The second kappa shape index (κ2) is 4.84. The van der Waals surface area contributed by atoms with E-state index in [-0.39, 0.29) is 0 Å². The molecule has 0 spiro atoms. The summed E-state index contributed by atoms with van der Waals surface area (Å²) in [5, 5.41) is 2.36. The number of rotatable bonds is 3. The van der Waals surface area contributed by atoms with Gasteiger partial charge in [0.15, 0.2) is 0 Å². The molecule has 18 heavy (non-hydrogen) atoms. The number of H-pyrrole nitrogens is 1. The van der Waals surface area contributed by atoms with E-state index in [0.717, 1.165) is 21.1 Å². The van der Waals surface area contributed by atoms with Crippen LogP contribution in [0.5, 0.6) is 0 Å². The summed E-state index contributed by atoms with van der Waals surface area (Å²) in [6.45, 7) is 0.473. The van der Waals surface area contributed by atoms with Gasteiger partial charge in [0.2, 0.25) is 0 Å². The standard InChI is InChI=1S/C14H13N3S/c15-9-11-8-12(5-6-16-11)18-14-7-10-3-1-2-4-13(10)17-14/h1-8,17H,9,15H2. The van der Waals surface area contributed by atoms with Crippen LogP contribution in [0.25, 0.3) is 10.9 Å². The van der Waals surface area contributed by atoms with Gasteiger partial charge in [-0.05, 0) is 24.3 Å². The highest BCUT2D eigenvalue weighted by Gasteiger charge is 2.03. The molecule has 0 saturated carbocycles. The highest BCUT2D eigenvalue weighted by molar-refractivity contribution is 7.99. The molecule has 0 saturated heterocycles. The number of nitrogens with zero attached hydrogens (tertiary/aromatic N) is 1. The molecule has 3 nitrogen and oxygen atoms in total. The monoisotopic (exact) mass is 255 g/mol. The van der Waals surface area contributed by atoms with Crippen molar-refractivity contribution in [1.82, 2.24) is 9.97 Å². The van der Waals surface area contributed by atoms with Crippen molar-refractivity contribution in [3.05, 3.63) is 54.4 Å². The highest BCUT2D eigenvalue weighted by Crippen LogP contribution is 2.29. The van der Waals surface area contributed by atoms with E-state index in [9.17, 15) is 0 Å². The van der Waals surface area contributed by atoms with Crippen LogP contribution in [0.1, 0.15) is 5.69 Å². The summed E-state index contributed by atoms with van der Waals surface area (Å²) in [6.07, 6.45) is 1.80. The zero-order valence-electron chi connectivity index (χ0n) is 9.76. The third-order valence-corrected chi connectivity index (χ3v) is 3.66. The minimum atomic E-state index is 0.473. The fraction of sp³-hybridized carbons (Fsp3) is 0.0714. The molecule has 3 N–H and O–H groups in total. The highest BCUT2D eigenvalue weighted by atomic mass is 32.2. The summed E-state index contributed by atoms with van der Waals surface area (Å²) in [5.74, 6) is 0. The first-order valence-electron chi connectivity index (χ1n) is 5.76. The average molecular weight is 255 g/mol.